The first-order chi connectivity index (χ1) is 9.02. The van der Waals surface area contributed by atoms with Gasteiger partial charge in [-0.15, -0.1) is 0 Å². The summed E-state index contributed by atoms with van der Waals surface area (Å²) in [4.78, 5) is 14.5. The van der Waals surface area contributed by atoms with Crippen molar-refractivity contribution in [3.8, 4) is 5.75 Å². The van der Waals surface area contributed by atoms with Crippen LogP contribution >= 0.6 is 0 Å². The second kappa shape index (κ2) is 5.32. The number of aliphatic carboxylic acids is 1. The van der Waals surface area contributed by atoms with Gasteiger partial charge in [0.15, 0.2) is 0 Å². The van der Waals surface area contributed by atoms with E-state index in [-0.39, 0.29) is 6.04 Å². The smallest absolute Gasteiger partial charge is 0.325 e. The monoisotopic (exact) mass is 262 g/mol. The molecule has 0 bridgehead atoms. The quantitative estimate of drug-likeness (QED) is 0.773. The number of aromatic nitrogens is 1. The van der Waals surface area contributed by atoms with Gasteiger partial charge in [-0.1, -0.05) is 0 Å². The molecule has 0 saturated carbocycles. The maximum atomic E-state index is 11.4. The third kappa shape index (κ3) is 2.71. The van der Waals surface area contributed by atoms with Crippen LogP contribution in [0.1, 0.15) is 25.5 Å². The van der Waals surface area contributed by atoms with Crippen molar-refractivity contribution in [1.29, 1.82) is 0 Å². The van der Waals surface area contributed by atoms with Crippen LogP contribution < -0.4 is 10.1 Å². The van der Waals surface area contributed by atoms with E-state index in [9.17, 15) is 9.90 Å². The van der Waals surface area contributed by atoms with Crippen molar-refractivity contribution in [2.75, 3.05) is 7.11 Å². The zero-order valence-corrected chi connectivity index (χ0v) is 11.2. The number of H-pyrrole nitrogens is 1. The number of carbonyl (C=O) groups is 1. The van der Waals surface area contributed by atoms with Crippen molar-refractivity contribution in [3.63, 3.8) is 0 Å². The summed E-state index contributed by atoms with van der Waals surface area (Å²) >= 11 is 0. The fourth-order valence-corrected chi connectivity index (χ4v) is 2.11. The predicted molar refractivity (Wildman–Crippen MR) is 73.5 cm³/mol. The average molecular weight is 262 g/mol. The maximum absolute atomic E-state index is 11.4. The van der Waals surface area contributed by atoms with Gasteiger partial charge in [-0.3, -0.25) is 10.1 Å². The number of carboxylic acids is 1. The van der Waals surface area contributed by atoms with Crippen LogP contribution in [0.25, 0.3) is 10.9 Å². The molecule has 0 amide bonds. The Morgan fingerprint density at radius 2 is 2.16 bits per heavy atom. The Morgan fingerprint density at radius 1 is 1.42 bits per heavy atom. The van der Waals surface area contributed by atoms with E-state index in [2.05, 4.69) is 10.3 Å². The number of benzene rings is 1. The molecular formula is C14H18N2O3. The Bertz CT molecular complexity index is 589. The van der Waals surface area contributed by atoms with Crippen LogP contribution in [0.2, 0.25) is 0 Å². The van der Waals surface area contributed by atoms with Crippen molar-refractivity contribution in [3.05, 3.63) is 30.0 Å². The van der Waals surface area contributed by atoms with Crippen LogP contribution in [0.15, 0.2) is 24.4 Å². The topological polar surface area (TPSA) is 74.3 Å². The van der Waals surface area contributed by atoms with Crippen molar-refractivity contribution >= 4 is 16.9 Å². The third-order valence-corrected chi connectivity index (χ3v) is 2.98. The van der Waals surface area contributed by atoms with E-state index >= 15 is 0 Å². The van der Waals surface area contributed by atoms with Crippen molar-refractivity contribution in [1.82, 2.24) is 10.3 Å². The third-order valence-electron chi connectivity index (χ3n) is 2.98. The average Bonchev–Trinajstić information content (AvgIpc) is 2.77. The molecule has 1 atom stereocenters. The minimum Gasteiger partial charge on any atom is -0.497 e. The number of carboxylic acid groups (broad SMARTS) is 1. The molecular weight excluding hydrogens is 244 g/mol. The molecule has 0 spiro atoms. The number of ether oxygens (including phenoxy) is 1. The largest absolute Gasteiger partial charge is 0.497 e. The molecule has 0 aliphatic carbocycles. The molecule has 1 aromatic carbocycles. The molecule has 1 heterocycles. The number of nitrogens with one attached hydrogen (secondary N) is 2. The van der Waals surface area contributed by atoms with Gasteiger partial charge in [0.25, 0.3) is 0 Å². The van der Waals surface area contributed by atoms with Gasteiger partial charge in [0.05, 0.1) is 7.11 Å². The van der Waals surface area contributed by atoms with E-state index in [1.54, 1.807) is 13.3 Å². The van der Waals surface area contributed by atoms with Crippen LogP contribution in [0, 0.1) is 0 Å². The molecule has 5 nitrogen and oxygen atoms in total. The summed E-state index contributed by atoms with van der Waals surface area (Å²) in [6.07, 6.45) is 1.73. The fraction of sp³-hybridized carbons (Fsp3) is 0.357. The molecule has 3 N–H and O–H groups in total. The van der Waals surface area contributed by atoms with Gasteiger partial charge >= 0.3 is 5.97 Å². The van der Waals surface area contributed by atoms with Gasteiger partial charge < -0.3 is 14.8 Å². The number of methoxy groups -OCH3 is 1. The second-order valence-corrected chi connectivity index (χ2v) is 4.75. The number of rotatable bonds is 5. The molecule has 5 heteroatoms. The normalized spacial score (nSPS) is 12.8. The highest BCUT2D eigenvalue weighted by Crippen LogP contribution is 2.28. The first-order valence-electron chi connectivity index (χ1n) is 6.16. The zero-order chi connectivity index (χ0) is 14.0. The minimum atomic E-state index is -0.891. The van der Waals surface area contributed by atoms with E-state index < -0.39 is 12.0 Å². The predicted octanol–water partition coefficient (Wildman–Crippen LogP) is 2.30. The second-order valence-electron chi connectivity index (χ2n) is 4.75. The lowest BCUT2D eigenvalue weighted by molar-refractivity contribution is -0.139. The van der Waals surface area contributed by atoms with Crippen LogP contribution in [-0.4, -0.2) is 29.2 Å². The molecule has 0 aliphatic heterocycles. The summed E-state index contributed by atoms with van der Waals surface area (Å²) in [6.45, 7) is 3.84. The Balaban J connectivity index is 2.49. The fourth-order valence-electron chi connectivity index (χ4n) is 2.11. The summed E-state index contributed by atoms with van der Waals surface area (Å²) in [7, 11) is 1.59. The molecule has 102 valence electrons. The van der Waals surface area contributed by atoms with E-state index in [0.717, 1.165) is 16.5 Å². The number of aromatic amines is 1. The highest BCUT2D eigenvalue weighted by atomic mass is 16.5. The Labute approximate surface area is 111 Å². The summed E-state index contributed by atoms with van der Waals surface area (Å²) in [5, 5.41) is 13.3. The van der Waals surface area contributed by atoms with Crippen molar-refractivity contribution in [2.45, 2.75) is 25.9 Å². The van der Waals surface area contributed by atoms with Gasteiger partial charge in [0.2, 0.25) is 0 Å². The Kier molecular flexibility index (Phi) is 3.76. The maximum Gasteiger partial charge on any atom is 0.325 e. The zero-order valence-electron chi connectivity index (χ0n) is 11.2. The highest BCUT2D eigenvalue weighted by molar-refractivity contribution is 5.90. The number of hydrogen-bond acceptors (Lipinski definition) is 3. The molecule has 0 saturated heterocycles. The van der Waals surface area contributed by atoms with Crippen LogP contribution in [-0.2, 0) is 4.79 Å². The molecule has 1 aromatic heterocycles. The lowest BCUT2D eigenvalue weighted by atomic mass is 10.0. The lowest BCUT2D eigenvalue weighted by Gasteiger charge is -2.16. The van der Waals surface area contributed by atoms with Crippen molar-refractivity contribution < 1.29 is 14.6 Å². The van der Waals surface area contributed by atoms with E-state index in [1.807, 2.05) is 32.0 Å². The lowest BCUT2D eigenvalue weighted by Crippen LogP contribution is -2.33. The van der Waals surface area contributed by atoms with E-state index in [4.69, 9.17) is 4.74 Å². The summed E-state index contributed by atoms with van der Waals surface area (Å²) in [6, 6.07) is 4.91. The minimum absolute atomic E-state index is 0.0802. The van der Waals surface area contributed by atoms with Gasteiger partial charge in [-0.2, -0.15) is 0 Å². The summed E-state index contributed by atoms with van der Waals surface area (Å²) in [5.41, 5.74) is 1.61. The summed E-state index contributed by atoms with van der Waals surface area (Å²) < 4.78 is 5.19. The molecule has 0 fully saturated rings. The van der Waals surface area contributed by atoms with E-state index in [0.29, 0.717) is 5.75 Å². The molecule has 0 radical (unpaired) electrons. The summed E-state index contributed by atoms with van der Waals surface area (Å²) in [5.74, 6) is -0.181. The standard InChI is InChI=1S/C14H18N2O3/c1-8(2)16-13(14(17)18)11-7-15-12-5-4-9(19-3)6-10(11)12/h4-8,13,15-16H,1-3H3,(H,17,18). The number of hydrogen-bond donors (Lipinski definition) is 3. The molecule has 19 heavy (non-hydrogen) atoms. The molecule has 1 unspecified atom stereocenters. The molecule has 2 rings (SSSR count). The SMILES string of the molecule is COc1ccc2[nH]cc(C(NC(C)C)C(=O)O)c2c1. The van der Waals surface area contributed by atoms with Gasteiger partial charge in [0.1, 0.15) is 11.8 Å². The first kappa shape index (κ1) is 13.4. The van der Waals surface area contributed by atoms with Crippen LogP contribution in [0.3, 0.4) is 0 Å². The van der Waals surface area contributed by atoms with Gasteiger partial charge in [0, 0.05) is 28.7 Å². The molecule has 2 aromatic rings. The van der Waals surface area contributed by atoms with Gasteiger partial charge in [-0.05, 0) is 32.0 Å². The van der Waals surface area contributed by atoms with Crippen molar-refractivity contribution in [2.24, 2.45) is 0 Å². The Hall–Kier alpha value is -2.01. The van der Waals surface area contributed by atoms with E-state index in [1.165, 1.54) is 0 Å². The highest BCUT2D eigenvalue weighted by Gasteiger charge is 2.23. The first-order valence-corrected chi connectivity index (χ1v) is 6.16. The Morgan fingerprint density at radius 3 is 2.74 bits per heavy atom. The van der Waals surface area contributed by atoms with Crippen LogP contribution in [0.4, 0.5) is 0 Å². The molecule has 0 aliphatic rings. The van der Waals surface area contributed by atoms with Gasteiger partial charge in [-0.25, -0.2) is 0 Å². The number of fused-ring (bicyclic) bond motifs is 1. The van der Waals surface area contributed by atoms with Crippen LogP contribution in [0.5, 0.6) is 5.75 Å².